The smallest absolute Gasteiger partial charge is 0.330 e. The summed E-state index contributed by atoms with van der Waals surface area (Å²) in [4.78, 5) is 9.86. The Kier molecular flexibility index (Phi) is 20.6. The molecule has 0 aliphatic carbocycles. The van der Waals surface area contributed by atoms with E-state index in [1.165, 1.54) is 77.0 Å². The third-order valence-corrected chi connectivity index (χ3v) is 3.73. The van der Waals surface area contributed by atoms with Crippen LogP contribution in [0.3, 0.4) is 0 Å². The van der Waals surface area contributed by atoms with Gasteiger partial charge in [-0.2, -0.15) is 0 Å². The Bertz CT molecular complexity index is 232. The van der Waals surface area contributed by atoms with Crippen molar-refractivity contribution in [3.63, 3.8) is 0 Å². The largest absolute Gasteiger partial charge is 0.478 e. The summed E-state index contributed by atoms with van der Waals surface area (Å²) >= 11 is 0. The molecule has 0 bridgehead atoms. The summed E-state index contributed by atoms with van der Waals surface area (Å²) in [6.07, 6.45) is 19.0. The van der Waals surface area contributed by atoms with Gasteiger partial charge in [-0.25, -0.2) is 4.79 Å². The SMILES string of the molecule is CC=C(C)C(=O)O.CCCCCCCCCCCCCC. The Morgan fingerprint density at radius 1 is 0.762 bits per heavy atom. The van der Waals surface area contributed by atoms with E-state index in [9.17, 15) is 4.79 Å². The second kappa shape index (κ2) is 19.2. The summed E-state index contributed by atoms with van der Waals surface area (Å²) in [6, 6.07) is 0. The molecule has 0 aliphatic heterocycles. The number of allylic oxidation sites excluding steroid dienone is 1. The molecule has 0 saturated carbocycles. The van der Waals surface area contributed by atoms with Crippen LogP contribution in [-0.4, -0.2) is 11.1 Å². The monoisotopic (exact) mass is 298 g/mol. The number of carboxylic acids is 1. The summed E-state index contributed by atoms with van der Waals surface area (Å²) in [6.45, 7) is 7.83. The Labute approximate surface area is 133 Å². The highest BCUT2D eigenvalue weighted by Crippen LogP contribution is 2.11. The first-order valence-electron chi connectivity index (χ1n) is 8.96. The molecule has 0 fully saturated rings. The zero-order valence-electron chi connectivity index (χ0n) is 14.9. The summed E-state index contributed by atoms with van der Waals surface area (Å²) < 4.78 is 0. The van der Waals surface area contributed by atoms with Gasteiger partial charge in [0.05, 0.1) is 0 Å². The van der Waals surface area contributed by atoms with Gasteiger partial charge in [0.15, 0.2) is 0 Å². The van der Waals surface area contributed by atoms with Crippen molar-refractivity contribution in [3.05, 3.63) is 11.6 Å². The molecular weight excluding hydrogens is 260 g/mol. The van der Waals surface area contributed by atoms with Crippen molar-refractivity contribution >= 4 is 5.97 Å². The van der Waals surface area contributed by atoms with Crippen molar-refractivity contribution in [1.29, 1.82) is 0 Å². The first-order chi connectivity index (χ1) is 10.1. The molecule has 0 aliphatic rings. The molecule has 0 heterocycles. The van der Waals surface area contributed by atoms with Crippen LogP contribution in [0.1, 0.15) is 105 Å². The fraction of sp³-hybridized carbons (Fsp3) is 0.842. The number of aliphatic carboxylic acids is 1. The third kappa shape index (κ3) is 21.7. The van der Waals surface area contributed by atoms with Crippen molar-refractivity contribution in [3.8, 4) is 0 Å². The van der Waals surface area contributed by atoms with Crippen LogP contribution in [-0.2, 0) is 4.79 Å². The summed E-state index contributed by atoms with van der Waals surface area (Å²) in [5, 5.41) is 8.11. The molecule has 0 unspecified atom stereocenters. The van der Waals surface area contributed by atoms with Crippen molar-refractivity contribution in [1.82, 2.24) is 0 Å². The fourth-order valence-electron chi connectivity index (χ4n) is 2.04. The molecule has 21 heavy (non-hydrogen) atoms. The van der Waals surface area contributed by atoms with Gasteiger partial charge in [0, 0.05) is 5.57 Å². The zero-order valence-corrected chi connectivity index (χ0v) is 14.9. The van der Waals surface area contributed by atoms with E-state index in [1.54, 1.807) is 19.9 Å². The van der Waals surface area contributed by atoms with Gasteiger partial charge in [0.2, 0.25) is 0 Å². The van der Waals surface area contributed by atoms with Crippen LogP contribution < -0.4 is 0 Å². The molecule has 1 N–H and O–H groups in total. The molecule has 126 valence electrons. The van der Waals surface area contributed by atoms with Crippen LogP contribution in [0.25, 0.3) is 0 Å². The minimum absolute atomic E-state index is 0.389. The Morgan fingerprint density at radius 2 is 1.05 bits per heavy atom. The van der Waals surface area contributed by atoms with Gasteiger partial charge in [0.1, 0.15) is 0 Å². The number of carboxylic acid groups (broad SMARTS) is 1. The predicted octanol–water partition coefficient (Wildman–Crippen LogP) is 6.74. The number of carbonyl (C=O) groups is 1. The van der Waals surface area contributed by atoms with Crippen LogP contribution in [0.4, 0.5) is 0 Å². The molecule has 0 atom stereocenters. The minimum Gasteiger partial charge on any atom is -0.478 e. The lowest BCUT2D eigenvalue weighted by Crippen LogP contribution is -1.93. The van der Waals surface area contributed by atoms with E-state index in [0.717, 1.165) is 0 Å². The number of hydrogen-bond acceptors (Lipinski definition) is 1. The van der Waals surface area contributed by atoms with Crippen molar-refractivity contribution < 1.29 is 9.90 Å². The van der Waals surface area contributed by atoms with E-state index >= 15 is 0 Å². The first kappa shape index (κ1) is 22.5. The van der Waals surface area contributed by atoms with E-state index in [1.807, 2.05) is 0 Å². The summed E-state index contributed by atoms with van der Waals surface area (Å²) in [7, 11) is 0. The first-order valence-corrected chi connectivity index (χ1v) is 8.96. The number of unbranched alkanes of at least 4 members (excludes halogenated alkanes) is 11. The molecule has 0 spiro atoms. The molecule has 0 saturated heterocycles. The molecular formula is C19H38O2. The predicted molar refractivity (Wildman–Crippen MR) is 93.8 cm³/mol. The Balaban J connectivity index is 0. The van der Waals surface area contributed by atoms with Crippen molar-refractivity contribution in [2.45, 2.75) is 105 Å². The van der Waals surface area contributed by atoms with Gasteiger partial charge in [-0.1, -0.05) is 97.0 Å². The topological polar surface area (TPSA) is 37.3 Å². The van der Waals surface area contributed by atoms with Gasteiger partial charge in [-0.3, -0.25) is 0 Å². The molecule has 0 amide bonds. The molecule has 0 rings (SSSR count). The van der Waals surface area contributed by atoms with Gasteiger partial charge >= 0.3 is 5.97 Å². The van der Waals surface area contributed by atoms with Crippen LogP contribution in [0, 0.1) is 0 Å². The highest BCUT2D eigenvalue weighted by molar-refractivity contribution is 5.85. The van der Waals surface area contributed by atoms with Crippen LogP contribution in [0.2, 0.25) is 0 Å². The zero-order chi connectivity index (χ0) is 16.3. The average molecular weight is 299 g/mol. The molecule has 2 heteroatoms. The van der Waals surface area contributed by atoms with Crippen LogP contribution in [0.5, 0.6) is 0 Å². The maximum absolute atomic E-state index is 9.86. The standard InChI is InChI=1S/C14H30.C5H8O2/c1-3-5-7-9-11-13-14-12-10-8-6-4-2;1-3-4(2)5(6)7/h3-14H2,1-2H3;3H,1-2H3,(H,6,7). The summed E-state index contributed by atoms with van der Waals surface area (Å²) in [5.74, 6) is -0.845. The van der Waals surface area contributed by atoms with E-state index in [4.69, 9.17) is 5.11 Å². The Hall–Kier alpha value is -0.790. The van der Waals surface area contributed by atoms with Gasteiger partial charge in [-0.05, 0) is 13.8 Å². The lowest BCUT2D eigenvalue weighted by atomic mass is 10.1. The average Bonchev–Trinajstić information content (AvgIpc) is 2.49. The van der Waals surface area contributed by atoms with E-state index < -0.39 is 5.97 Å². The maximum atomic E-state index is 9.86. The van der Waals surface area contributed by atoms with Crippen LogP contribution in [0.15, 0.2) is 11.6 Å². The molecule has 0 aromatic carbocycles. The van der Waals surface area contributed by atoms with Gasteiger partial charge in [0.25, 0.3) is 0 Å². The minimum atomic E-state index is -0.845. The van der Waals surface area contributed by atoms with Crippen molar-refractivity contribution in [2.24, 2.45) is 0 Å². The molecule has 0 radical (unpaired) electrons. The number of rotatable bonds is 12. The lowest BCUT2D eigenvalue weighted by molar-refractivity contribution is -0.132. The third-order valence-electron chi connectivity index (χ3n) is 3.73. The van der Waals surface area contributed by atoms with Gasteiger partial charge in [-0.15, -0.1) is 0 Å². The quantitative estimate of drug-likeness (QED) is 0.320. The molecule has 0 aromatic rings. The van der Waals surface area contributed by atoms with Crippen LogP contribution >= 0.6 is 0 Å². The Morgan fingerprint density at radius 3 is 1.19 bits per heavy atom. The van der Waals surface area contributed by atoms with E-state index in [-0.39, 0.29) is 0 Å². The highest BCUT2D eigenvalue weighted by atomic mass is 16.4. The summed E-state index contributed by atoms with van der Waals surface area (Å²) in [5.41, 5.74) is 0.389. The maximum Gasteiger partial charge on any atom is 0.330 e. The van der Waals surface area contributed by atoms with E-state index in [2.05, 4.69) is 13.8 Å². The fourth-order valence-corrected chi connectivity index (χ4v) is 2.04. The number of hydrogen-bond donors (Lipinski definition) is 1. The van der Waals surface area contributed by atoms with E-state index in [0.29, 0.717) is 5.57 Å². The lowest BCUT2D eigenvalue weighted by Gasteiger charge is -2.01. The van der Waals surface area contributed by atoms with Gasteiger partial charge < -0.3 is 5.11 Å². The second-order valence-electron chi connectivity index (χ2n) is 5.81. The van der Waals surface area contributed by atoms with Crippen molar-refractivity contribution in [2.75, 3.05) is 0 Å². The second-order valence-corrected chi connectivity index (χ2v) is 5.81. The highest BCUT2D eigenvalue weighted by Gasteiger charge is 1.93. The molecule has 0 aromatic heterocycles. The normalized spacial score (nSPS) is 11.0. The molecule has 2 nitrogen and oxygen atoms in total.